The maximum absolute atomic E-state index is 11.2. The lowest BCUT2D eigenvalue weighted by atomic mass is 9.95. The molecule has 4 nitrogen and oxygen atoms in total. The highest BCUT2D eigenvalue weighted by molar-refractivity contribution is 9.10. The first-order valence-electron chi connectivity index (χ1n) is 5.93. The Morgan fingerprint density at radius 1 is 1.42 bits per heavy atom. The summed E-state index contributed by atoms with van der Waals surface area (Å²) in [6, 6.07) is 7.49. The molecular formula is C13H17BrO4S. The van der Waals surface area contributed by atoms with Gasteiger partial charge >= 0.3 is 5.97 Å². The molecule has 1 rings (SSSR count). The number of hydrogen-bond acceptors (Lipinski definition) is 3. The number of rotatable bonds is 7. The molecule has 0 bridgehead atoms. The van der Waals surface area contributed by atoms with Crippen LogP contribution in [0.2, 0.25) is 0 Å². The van der Waals surface area contributed by atoms with Crippen LogP contribution in [0, 0.1) is 5.92 Å². The topological polar surface area (TPSA) is 71.4 Å². The van der Waals surface area contributed by atoms with Crippen LogP contribution < -0.4 is 0 Å². The smallest absolute Gasteiger partial charge is 0.306 e. The zero-order chi connectivity index (χ0) is 14.5. The summed E-state index contributed by atoms with van der Waals surface area (Å²) in [7, 11) is -3.03. The summed E-state index contributed by atoms with van der Waals surface area (Å²) in [6.45, 7) is 0. The molecule has 1 aromatic carbocycles. The van der Waals surface area contributed by atoms with Crippen LogP contribution in [-0.2, 0) is 21.1 Å². The van der Waals surface area contributed by atoms with Gasteiger partial charge in [-0.05, 0) is 37.0 Å². The fraction of sp³-hybridized carbons (Fsp3) is 0.462. The van der Waals surface area contributed by atoms with E-state index in [9.17, 15) is 18.3 Å². The molecule has 0 aliphatic carbocycles. The van der Waals surface area contributed by atoms with Gasteiger partial charge in [-0.3, -0.25) is 4.79 Å². The highest BCUT2D eigenvalue weighted by atomic mass is 79.9. The Balaban J connectivity index is 2.61. The molecule has 0 heterocycles. The molecule has 1 aromatic rings. The minimum atomic E-state index is -3.03. The Bertz CT molecular complexity index is 539. The highest BCUT2D eigenvalue weighted by Gasteiger charge is 2.18. The van der Waals surface area contributed by atoms with Gasteiger partial charge in [-0.15, -0.1) is 0 Å². The highest BCUT2D eigenvalue weighted by Crippen LogP contribution is 2.18. The Morgan fingerprint density at radius 3 is 2.63 bits per heavy atom. The lowest BCUT2D eigenvalue weighted by Crippen LogP contribution is -2.18. The molecule has 0 saturated carbocycles. The second kappa shape index (κ2) is 7.05. The van der Waals surface area contributed by atoms with E-state index in [1.54, 1.807) is 0 Å². The Hall–Kier alpha value is -0.880. The molecular weight excluding hydrogens is 332 g/mol. The number of aliphatic carboxylic acids is 1. The van der Waals surface area contributed by atoms with Crippen LogP contribution in [0.15, 0.2) is 28.7 Å². The molecule has 0 amide bonds. The standard InChI is InChI=1S/C13H17BrO4S/c1-19(17,18)7-3-5-11(13(15)16)8-10-4-2-6-12(14)9-10/h2,4,6,9,11H,3,5,7-8H2,1H3,(H,15,16). The summed E-state index contributed by atoms with van der Waals surface area (Å²) in [6.07, 6.45) is 2.33. The third-order valence-corrected chi connectivity index (χ3v) is 4.31. The fourth-order valence-electron chi connectivity index (χ4n) is 1.85. The van der Waals surface area contributed by atoms with Gasteiger partial charge < -0.3 is 5.11 Å². The molecule has 0 radical (unpaired) electrons. The van der Waals surface area contributed by atoms with Crippen molar-refractivity contribution in [1.29, 1.82) is 0 Å². The van der Waals surface area contributed by atoms with Crippen molar-refractivity contribution >= 4 is 31.7 Å². The van der Waals surface area contributed by atoms with E-state index in [4.69, 9.17) is 0 Å². The van der Waals surface area contributed by atoms with Gasteiger partial charge in [-0.2, -0.15) is 0 Å². The molecule has 6 heteroatoms. The summed E-state index contributed by atoms with van der Waals surface area (Å²) in [5.74, 6) is -1.39. The monoisotopic (exact) mass is 348 g/mol. The number of carboxylic acids is 1. The van der Waals surface area contributed by atoms with Gasteiger partial charge in [0, 0.05) is 16.5 Å². The first-order valence-corrected chi connectivity index (χ1v) is 8.78. The van der Waals surface area contributed by atoms with Crippen molar-refractivity contribution in [3.8, 4) is 0 Å². The predicted octanol–water partition coefficient (Wildman–Crippen LogP) is 2.52. The van der Waals surface area contributed by atoms with E-state index in [0.717, 1.165) is 16.3 Å². The number of carbonyl (C=O) groups is 1. The van der Waals surface area contributed by atoms with Gasteiger partial charge in [-0.1, -0.05) is 28.1 Å². The molecule has 0 fully saturated rings. The maximum Gasteiger partial charge on any atom is 0.306 e. The first-order chi connectivity index (χ1) is 8.78. The number of benzene rings is 1. The second-order valence-corrected chi connectivity index (χ2v) is 7.82. The summed E-state index contributed by atoms with van der Waals surface area (Å²) >= 11 is 3.34. The molecule has 19 heavy (non-hydrogen) atoms. The van der Waals surface area contributed by atoms with Gasteiger partial charge in [0.25, 0.3) is 0 Å². The fourth-order valence-corrected chi connectivity index (χ4v) is 2.99. The number of halogens is 1. The molecule has 0 saturated heterocycles. The number of hydrogen-bond donors (Lipinski definition) is 1. The summed E-state index contributed by atoms with van der Waals surface area (Å²) in [5.41, 5.74) is 0.932. The minimum absolute atomic E-state index is 0.0370. The van der Waals surface area contributed by atoms with Crippen LogP contribution in [0.4, 0.5) is 0 Å². The summed E-state index contributed by atoms with van der Waals surface area (Å²) in [4.78, 5) is 11.2. The van der Waals surface area contributed by atoms with Crippen molar-refractivity contribution in [2.75, 3.05) is 12.0 Å². The van der Waals surface area contributed by atoms with Crippen molar-refractivity contribution in [2.24, 2.45) is 5.92 Å². The lowest BCUT2D eigenvalue weighted by Gasteiger charge is -2.12. The Morgan fingerprint density at radius 2 is 2.11 bits per heavy atom. The normalized spacial score (nSPS) is 13.2. The quantitative estimate of drug-likeness (QED) is 0.821. The van der Waals surface area contributed by atoms with E-state index in [2.05, 4.69) is 15.9 Å². The van der Waals surface area contributed by atoms with Crippen LogP contribution in [0.3, 0.4) is 0 Å². The minimum Gasteiger partial charge on any atom is -0.481 e. The van der Waals surface area contributed by atoms with E-state index in [-0.39, 0.29) is 5.75 Å². The van der Waals surface area contributed by atoms with E-state index < -0.39 is 21.7 Å². The third-order valence-electron chi connectivity index (χ3n) is 2.79. The van der Waals surface area contributed by atoms with Gasteiger partial charge in [0.05, 0.1) is 5.92 Å². The predicted molar refractivity (Wildman–Crippen MR) is 77.9 cm³/mol. The van der Waals surface area contributed by atoms with E-state index in [1.807, 2.05) is 24.3 Å². The van der Waals surface area contributed by atoms with Crippen LogP contribution in [0.5, 0.6) is 0 Å². The van der Waals surface area contributed by atoms with Crippen molar-refractivity contribution in [3.63, 3.8) is 0 Å². The van der Waals surface area contributed by atoms with Gasteiger partial charge in [0.1, 0.15) is 9.84 Å². The molecule has 106 valence electrons. The largest absolute Gasteiger partial charge is 0.481 e. The van der Waals surface area contributed by atoms with Crippen molar-refractivity contribution < 1.29 is 18.3 Å². The number of carboxylic acid groups (broad SMARTS) is 1. The van der Waals surface area contributed by atoms with Crippen LogP contribution >= 0.6 is 15.9 Å². The average Bonchev–Trinajstić information content (AvgIpc) is 2.26. The zero-order valence-electron chi connectivity index (χ0n) is 10.7. The van der Waals surface area contributed by atoms with Gasteiger partial charge in [0.15, 0.2) is 0 Å². The molecule has 0 aliphatic rings. The summed E-state index contributed by atoms with van der Waals surface area (Å²) in [5, 5.41) is 9.17. The molecule has 1 atom stereocenters. The van der Waals surface area contributed by atoms with Crippen LogP contribution in [0.1, 0.15) is 18.4 Å². The maximum atomic E-state index is 11.2. The van der Waals surface area contributed by atoms with Crippen molar-refractivity contribution in [3.05, 3.63) is 34.3 Å². The van der Waals surface area contributed by atoms with E-state index in [1.165, 1.54) is 0 Å². The molecule has 1 unspecified atom stereocenters. The van der Waals surface area contributed by atoms with Gasteiger partial charge in [0.2, 0.25) is 0 Å². The second-order valence-electron chi connectivity index (χ2n) is 4.64. The van der Waals surface area contributed by atoms with Gasteiger partial charge in [-0.25, -0.2) is 8.42 Å². The van der Waals surface area contributed by atoms with Crippen LogP contribution in [0.25, 0.3) is 0 Å². The van der Waals surface area contributed by atoms with E-state index >= 15 is 0 Å². The third kappa shape index (κ3) is 6.73. The van der Waals surface area contributed by atoms with E-state index in [0.29, 0.717) is 19.3 Å². The molecule has 0 spiro atoms. The zero-order valence-corrected chi connectivity index (χ0v) is 13.1. The Kier molecular flexibility index (Phi) is 6.00. The average molecular weight is 349 g/mol. The Labute approximate surface area is 121 Å². The van der Waals surface area contributed by atoms with Crippen molar-refractivity contribution in [2.45, 2.75) is 19.3 Å². The summed E-state index contributed by atoms with van der Waals surface area (Å²) < 4.78 is 23.0. The van der Waals surface area contributed by atoms with Crippen LogP contribution in [-0.4, -0.2) is 31.5 Å². The molecule has 0 aromatic heterocycles. The van der Waals surface area contributed by atoms with Crippen molar-refractivity contribution in [1.82, 2.24) is 0 Å². The number of sulfone groups is 1. The lowest BCUT2D eigenvalue weighted by molar-refractivity contribution is -0.141. The first kappa shape index (κ1) is 16.2. The molecule has 1 N–H and O–H groups in total. The molecule has 0 aliphatic heterocycles. The SMILES string of the molecule is CS(=O)(=O)CCCC(Cc1cccc(Br)c1)C(=O)O.